The van der Waals surface area contributed by atoms with Gasteiger partial charge in [-0.1, -0.05) is 6.58 Å². The Bertz CT molecular complexity index is 380. The zero-order valence-corrected chi connectivity index (χ0v) is 9.15. The Morgan fingerprint density at radius 1 is 1.44 bits per heavy atom. The highest BCUT2D eigenvalue weighted by Crippen LogP contribution is 2.18. The molecule has 1 aromatic rings. The van der Waals surface area contributed by atoms with Crippen LogP contribution in [0.4, 0.5) is 11.5 Å². The highest BCUT2D eigenvalue weighted by molar-refractivity contribution is 5.98. The molecule has 0 spiro atoms. The largest absolute Gasteiger partial charge is 0.357 e. The summed E-state index contributed by atoms with van der Waals surface area (Å²) < 4.78 is 0. The SMILES string of the molecule is C=CC(=O)Nc1ccc(N2CCCC2)nc1. The van der Waals surface area contributed by atoms with E-state index < -0.39 is 0 Å². The molecule has 1 aromatic heterocycles. The van der Waals surface area contributed by atoms with E-state index in [1.165, 1.54) is 18.9 Å². The van der Waals surface area contributed by atoms with Gasteiger partial charge < -0.3 is 10.2 Å². The molecule has 1 aliphatic rings. The number of pyridine rings is 1. The summed E-state index contributed by atoms with van der Waals surface area (Å²) in [6.07, 6.45) is 5.39. The molecule has 0 bridgehead atoms. The lowest BCUT2D eigenvalue weighted by atomic mass is 10.3. The Morgan fingerprint density at radius 2 is 2.19 bits per heavy atom. The van der Waals surface area contributed by atoms with E-state index in [9.17, 15) is 4.79 Å². The summed E-state index contributed by atoms with van der Waals surface area (Å²) in [5.41, 5.74) is 0.702. The molecule has 1 amide bonds. The minimum absolute atomic E-state index is 0.212. The predicted molar refractivity (Wildman–Crippen MR) is 64.5 cm³/mol. The molecule has 0 aliphatic carbocycles. The third kappa shape index (κ3) is 2.39. The third-order valence-corrected chi connectivity index (χ3v) is 2.63. The average Bonchev–Trinajstić information content (AvgIpc) is 2.83. The van der Waals surface area contributed by atoms with Gasteiger partial charge >= 0.3 is 0 Å². The van der Waals surface area contributed by atoms with E-state index in [0.717, 1.165) is 18.9 Å². The van der Waals surface area contributed by atoms with Crippen LogP contribution in [0.25, 0.3) is 0 Å². The van der Waals surface area contributed by atoms with Gasteiger partial charge in [-0.15, -0.1) is 0 Å². The van der Waals surface area contributed by atoms with Gasteiger partial charge in [0.25, 0.3) is 0 Å². The van der Waals surface area contributed by atoms with Crippen LogP contribution in [0.3, 0.4) is 0 Å². The first-order valence-corrected chi connectivity index (χ1v) is 5.44. The minimum atomic E-state index is -0.212. The van der Waals surface area contributed by atoms with Crippen LogP contribution in [0.5, 0.6) is 0 Å². The first-order chi connectivity index (χ1) is 7.79. The first kappa shape index (κ1) is 10.7. The number of aromatic nitrogens is 1. The maximum Gasteiger partial charge on any atom is 0.247 e. The van der Waals surface area contributed by atoms with Crippen molar-refractivity contribution in [3.63, 3.8) is 0 Å². The van der Waals surface area contributed by atoms with E-state index in [-0.39, 0.29) is 5.91 Å². The van der Waals surface area contributed by atoms with Gasteiger partial charge in [0.05, 0.1) is 11.9 Å². The van der Waals surface area contributed by atoms with Crippen molar-refractivity contribution in [2.75, 3.05) is 23.3 Å². The Kier molecular flexibility index (Phi) is 3.19. The lowest BCUT2D eigenvalue weighted by Gasteiger charge is -2.16. The third-order valence-electron chi connectivity index (χ3n) is 2.63. The first-order valence-electron chi connectivity index (χ1n) is 5.44. The van der Waals surface area contributed by atoms with Crippen molar-refractivity contribution in [3.8, 4) is 0 Å². The normalized spacial score (nSPS) is 14.9. The Balaban J connectivity index is 2.03. The predicted octanol–water partition coefficient (Wildman–Crippen LogP) is 1.81. The number of hydrogen-bond acceptors (Lipinski definition) is 3. The molecular weight excluding hydrogens is 202 g/mol. The fourth-order valence-corrected chi connectivity index (χ4v) is 1.79. The molecule has 0 saturated carbocycles. The average molecular weight is 217 g/mol. The van der Waals surface area contributed by atoms with E-state index in [1.807, 2.05) is 12.1 Å². The molecule has 2 rings (SSSR count). The Labute approximate surface area is 95.0 Å². The summed E-state index contributed by atoms with van der Waals surface area (Å²) in [4.78, 5) is 17.6. The molecule has 0 unspecified atom stereocenters. The zero-order chi connectivity index (χ0) is 11.4. The van der Waals surface area contributed by atoms with Crippen LogP contribution >= 0.6 is 0 Å². The molecule has 4 nitrogen and oxygen atoms in total. The van der Waals surface area contributed by atoms with Crippen molar-refractivity contribution < 1.29 is 4.79 Å². The molecule has 1 fully saturated rings. The van der Waals surface area contributed by atoms with E-state index >= 15 is 0 Å². The van der Waals surface area contributed by atoms with Gasteiger partial charge in [-0.2, -0.15) is 0 Å². The number of rotatable bonds is 3. The molecule has 0 radical (unpaired) electrons. The molecule has 2 heterocycles. The van der Waals surface area contributed by atoms with E-state index in [2.05, 4.69) is 21.8 Å². The second kappa shape index (κ2) is 4.79. The van der Waals surface area contributed by atoms with Crippen LogP contribution < -0.4 is 10.2 Å². The molecule has 0 aromatic carbocycles. The second-order valence-corrected chi connectivity index (χ2v) is 3.79. The topological polar surface area (TPSA) is 45.2 Å². The summed E-state index contributed by atoms with van der Waals surface area (Å²) in [7, 11) is 0. The quantitative estimate of drug-likeness (QED) is 0.785. The van der Waals surface area contributed by atoms with Crippen molar-refractivity contribution in [1.29, 1.82) is 0 Å². The molecule has 1 saturated heterocycles. The lowest BCUT2D eigenvalue weighted by molar-refractivity contribution is -0.111. The number of nitrogens with zero attached hydrogens (tertiary/aromatic N) is 2. The molecule has 1 N–H and O–H groups in total. The fraction of sp³-hybridized carbons (Fsp3) is 0.333. The number of hydrogen-bond donors (Lipinski definition) is 1. The van der Waals surface area contributed by atoms with Gasteiger partial charge in [0.15, 0.2) is 0 Å². The van der Waals surface area contributed by atoms with Crippen LogP contribution in [0.2, 0.25) is 0 Å². The van der Waals surface area contributed by atoms with Crippen LogP contribution in [0.1, 0.15) is 12.8 Å². The van der Waals surface area contributed by atoms with Crippen LogP contribution in [-0.2, 0) is 4.79 Å². The number of nitrogens with one attached hydrogen (secondary N) is 1. The number of anilines is 2. The Hall–Kier alpha value is -1.84. The molecule has 0 atom stereocenters. The van der Waals surface area contributed by atoms with E-state index in [1.54, 1.807) is 6.20 Å². The lowest BCUT2D eigenvalue weighted by Crippen LogP contribution is -2.18. The van der Waals surface area contributed by atoms with Crippen LogP contribution in [0, 0.1) is 0 Å². The molecule has 84 valence electrons. The van der Waals surface area contributed by atoms with Crippen LogP contribution in [0.15, 0.2) is 31.0 Å². The molecule has 1 aliphatic heterocycles. The van der Waals surface area contributed by atoms with Crippen molar-refractivity contribution in [1.82, 2.24) is 4.98 Å². The summed E-state index contributed by atoms with van der Waals surface area (Å²) in [5.74, 6) is 0.768. The standard InChI is InChI=1S/C12H15N3O/c1-2-12(16)14-10-5-6-11(13-9-10)15-7-3-4-8-15/h2,5-6,9H,1,3-4,7-8H2,(H,14,16). The number of carbonyl (C=O) groups is 1. The summed E-state index contributed by atoms with van der Waals surface area (Å²) in [6.45, 7) is 5.55. The minimum Gasteiger partial charge on any atom is -0.357 e. The van der Waals surface area contributed by atoms with E-state index in [4.69, 9.17) is 0 Å². The summed E-state index contributed by atoms with van der Waals surface area (Å²) >= 11 is 0. The van der Waals surface area contributed by atoms with Gasteiger partial charge in [-0.3, -0.25) is 4.79 Å². The monoisotopic (exact) mass is 217 g/mol. The highest BCUT2D eigenvalue weighted by atomic mass is 16.1. The summed E-state index contributed by atoms with van der Waals surface area (Å²) in [6, 6.07) is 3.80. The van der Waals surface area contributed by atoms with Gasteiger partial charge in [-0.25, -0.2) is 4.98 Å². The maximum absolute atomic E-state index is 11.1. The highest BCUT2D eigenvalue weighted by Gasteiger charge is 2.12. The van der Waals surface area contributed by atoms with Gasteiger partial charge in [-0.05, 0) is 31.1 Å². The number of carbonyl (C=O) groups excluding carboxylic acids is 1. The van der Waals surface area contributed by atoms with Crippen molar-refractivity contribution in [2.24, 2.45) is 0 Å². The molecular formula is C12H15N3O. The molecule has 16 heavy (non-hydrogen) atoms. The second-order valence-electron chi connectivity index (χ2n) is 3.79. The van der Waals surface area contributed by atoms with Gasteiger partial charge in [0.2, 0.25) is 5.91 Å². The Morgan fingerprint density at radius 3 is 2.75 bits per heavy atom. The van der Waals surface area contributed by atoms with E-state index in [0.29, 0.717) is 5.69 Å². The van der Waals surface area contributed by atoms with Gasteiger partial charge in [0.1, 0.15) is 5.82 Å². The van der Waals surface area contributed by atoms with Crippen molar-refractivity contribution in [3.05, 3.63) is 31.0 Å². The van der Waals surface area contributed by atoms with Crippen molar-refractivity contribution >= 4 is 17.4 Å². The maximum atomic E-state index is 11.1. The smallest absolute Gasteiger partial charge is 0.247 e. The van der Waals surface area contributed by atoms with Crippen LogP contribution in [-0.4, -0.2) is 24.0 Å². The zero-order valence-electron chi connectivity index (χ0n) is 9.15. The van der Waals surface area contributed by atoms with Gasteiger partial charge in [0, 0.05) is 13.1 Å². The summed E-state index contributed by atoms with van der Waals surface area (Å²) in [5, 5.41) is 2.67. The number of amides is 1. The van der Waals surface area contributed by atoms with Crippen molar-refractivity contribution in [2.45, 2.75) is 12.8 Å². The fourth-order valence-electron chi connectivity index (χ4n) is 1.79. The molecule has 4 heteroatoms.